The lowest BCUT2D eigenvalue weighted by molar-refractivity contribution is -0.150. The quantitative estimate of drug-likeness (QED) is 0.574. The molecule has 1 aromatic carbocycles. The molecule has 0 aliphatic heterocycles. The number of halogens is 2. The summed E-state index contributed by atoms with van der Waals surface area (Å²) in [5, 5.41) is 2.95. The molecule has 7 heteroatoms. The summed E-state index contributed by atoms with van der Waals surface area (Å²) in [4.78, 5) is 24.1. The number of amides is 1. The number of hydrogen-bond acceptors (Lipinski definition) is 4. The Morgan fingerprint density at radius 1 is 1.19 bits per heavy atom. The van der Waals surface area contributed by atoms with Gasteiger partial charge in [0.2, 0.25) is 0 Å². The number of ether oxygens (including phenoxy) is 2. The molecule has 1 aliphatic carbocycles. The molecule has 0 spiro atoms. The van der Waals surface area contributed by atoms with E-state index in [1.807, 2.05) is 0 Å². The normalized spacial score (nSPS) is 21.1. The first kappa shape index (κ1) is 20.9. The van der Waals surface area contributed by atoms with Crippen molar-refractivity contribution in [3.05, 3.63) is 35.9 Å². The van der Waals surface area contributed by atoms with E-state index in [0.717, 1.165) is 19.3 Å². The fraction of sp³-hybridized carbons (Fsp3) is 0.500. The molecule has 3 atom stereocenters. The van der Waals surface area contributed by atoms with E-state index in [4.69, 9.17) is 4.74 Å². The van der Waals surface area contributed by atoms with Crippen LogP contribution < -0.4 is 10.1 Å². The number of rotatable bonds is 7. The minimum atomic E-state index is -2.88. The van der Waals surface area contributed by atoms with Crippen molar-refractivity contribution in [3.63, 3.8) is 0 Å². The zero-order chi connectivity index (χ0) is 19.8. The van der Waals surface area contributed by atoms with Gasteiger partial charge in [-0.3, -0.25) is 4.79 Å². The lowest BCUT2D eigenvalue weighted by Gasteiger charge is -2.30. The van der Waals surface area contributed by atoms with Crippen LogP contribution >= 0.6 is 0 Å². The molecule has 148 valence electrons. The van der Waals surface area contributed by atoms with E-state index in [9.17, 15) is 18.4 Å². The molecule has 1 amide bonds. The summed E-state index contributed by atoms with van der Waals surface area (Å²) < 4.78 is 33.6. The number of carbonyl (C=O) groups excluding carboxylic acids is 2. The van der Waals surface area contributed by atoms with E-state index < -0.39 is 18.7 Å². The van der Waals surface area contributed by atoms with Crippen molar-refractivity contribution in [2.75, 3.05) is 0 Å². The van der Waals surface area contributed by atoms with Gasteiger partial charge in [0.1, 0.15) is 5.75 Å². The Labute approximate surface area is 157 Å². The van der Waals surface area contributed by atoms with Crippen LogP contribution in [0.25, 0.3) is 6.08 Å². The summed E-state index contributed by atoms with van der Waals surface area (Å²) in [6.07, 6.45) is 6.07. The van der Waals surface area contributed by atoms with Crippen LogP contribution in [0.3, 0.4) is 0 Å². The van der Waals surface area contributed by atoms with Crippen LogP contribution in [0.4, 0.5) is 8.78 Å². The molecule has 1 fully saturated rings. The van der Waals surface area contributed by atoms with Crippen molar-refractivity contribution in [2.24, 2.45) is 5.92 Å². The van der Waals surface area contributed by atoms with E-state index in [-0.39, 0.29) is 17.7 Å². The smallest absolute Gasteiger partial charge is 0.387 e. The molecule has 0 heterocycles. The van der Waals surface area contributed by atoms with E-state index in [2.05, 4.69) is 17.0 Å². The summed E-state index contributed by atoms with van der Waals surface area (Å²) in [5.41, 5.74) is 0.613. The molecule has 27 heavy (non-hydrogen) atoms. The lowest BCUT2D eigenvalue weighted by atomic mass is 9.86. The molecule has 1 N–H and O–H groups in total. The standard InChI is InChI=1S/C20H25F2NO4/c1-13-5-3-4-6-17(13)23-19(25)14(2)26-18(24)12-9-15-7-10-16(11-8-15)27-20(21)22/h7-14,17,20H,3-6H2,1-2H3,(H,23,25)/b12-9+/t13-,14+,17-/m0/s1. The monoisotopic (exact) mass is 381 g/mol. The first-order chi connectivity index (χ1) is 12.8. The third kappa shape index (κ3) is 7.00. The fourth-order valence-corrected chi connectivity index (χ4v) is 3.02. The van der Waals surface area contributed by atoms with Gasteiger partial charge in [-0.1, -0.05) is 31.9 Å². The van der Waals surface area contributed by atoms with Crippen LogP contribution in [0.2, 0.25) is 0 Å². The molecular weight excluding hydrogens is 356 g/mol. The van der Waals surface area contributed by atoms with Gasteiger partial charge in [0.05, 0.1) is 0 Å². The Morgan fingerprint density at radius 3 is 2.48 bits per heavy atom. The van der Waals surface area contributed by atoms with Crippen molar-refractivity contribution < 1.29 is 27.8 Å². The zero-order valence-electron chi connectivity index (χ0n) is 15.5. The van der Waals surface area contributed by atoms with Gasteiger partial charge in [-0.25, -0.2) is 4.79 Å². The zero-order valence-corrected chi connectivity index (χ0v) is 15.5. The van der Waals surface area contributed by atoms with Gasteiger partial charge in [0.25, 0.3) is 5.91 Å². The predicted octanol–water partition coefficient (Wildman–Crippen LogP) is 3.93. The molecule has 0 bridgehead atoms. The minimum absolute atomic E-state index is 0.0342. The number of benzene rings is 1. The Bertz CT molecular complexity index is 660. The fourth-order valence-electron chi connectivity index (χ4n) is 3.02. The van der Waals surface area contributed by atoms with Crippen LogP contribution in [0.1, 0.15) is 45.1 Å². The third-order valence-corrected chi connectivity index (χ3v) is 4.62. The second-order valence-corrected chi connectivity index (χ2v) is 6.74. The van der Waals surface area contributed by atoms with Gasteiger partial charge in [0.15, 0.2) is 6.10 Å². The Hall–Kier alpha value is -2.44. The highest BCUT2D eigenvalue weighted by molar-refractivity contribution is 5.90. The van der Waals surface area contributed by atoms with E-state index in [0.29, 0.717) is 11.5 Å². The van der Waals surface area contributed by atoms with Gasteiger partial charge in [-0.15, -0.1) is 0 Å². The van der Waals surface area contributed by atoms with Gasteiger partial charge >= 0.3 is 12.6 Å². The predicted molar refractivity (Wildman–Crippen MR) is 97.2 cm³/mol. The van der Waals surface area contributed by atoms with Crippen LogP contribution in [0.5, 0.6) is 5.75 Å². The molecule has 0 aromatic heterocycles. The molecular formula is C20H25F2NO4. The minimum Gasteiger partial charge on any atom is -0.449 e. The van der Waals surface area contributed by atoms with Gasteiger partial charge in [0, 0.05) is 12.1 Å². The average molecular weight is 381 g/mol. The number of nitrogens with one attached hydrogen (secondary N) is 1. The second-order valence-electron chi connectivity index (χ2n) is 6.74. The topological polar surface area (TPSA) is 64.6 Å². The van der Waals surface area contributed by atoms with Crippen LogP contribution in [0, 0.1) is 5.92 Å². The Balaban J connectivity index is 1.81. The molecule has 0 unspecified atom stereocenters. The maximum Gasteiger partial charge on any atom is 0.387 e. The summed E-state index contributed by atoms with van der Waals surface area (Å²) >= 11 is 0. The van der Waals surface area contributed by atoms with Crippen molar-refractivity contribution >= 4 is 18.0 Å². The molecule has 5 nitrogen and oxygen atoms in total. The second kappa shape index (κ2) is 10.0. The summed E-state index contributed by atoms with van der Waals surface area (Å²) in [6, 6.07) is 5.93. The summed E-state index contributed by atoms with van der Waals surface area (Å²) in [6.45, 7) is 0.761. The third-order valence-electron chi connectivity index (χ3n) is 4.62. The van der Waals surface area contributed by atoms with E-state index >= 15 is 0 Å². The number of carbonyl (C=O) groups is 2. The van der Waals surface area contributed by atoms with Crippen molar-refractivity contribution in [1.82, 2.24) is 5.32 Å². The maximum atomic E-state index is 12.2. The molecule has 0 radical (unpaired) electrons. The largest absolute Gasteiger partial charge is 0.449 e. The highest BCUT2D eigenvalue weighted by Gasteiger charge is 2.25. The van der Waals surface area contributed by atoms with Crippen LogP contribution in [-0.2, 0) is 14.3 Å². The molecule has 1 aromatic rings. The Kier molecular flexibility index (Phi) is 7.76. The van der Waals surface area contributed by atoms with Crippen LogP contribution in [0.15, 0.2) is 30.3 Å². The highest BCUT2D eigenvalue weighted by atomic mass is 19.3. The van der Waals surface area contributed by atoms with E-state index in [1.165, 1.54) is 49.8 Å². The van der Waals surface area contributed by atoms with Gasteiger partial charge in [-0.05, 0) is 49.5 Å². The molecule has 1 saturated carbocycles. The number of hydrogen-bond donors (Lipinski definition) is 1. The average Bonchev–Trinajstić information content (AvgIpc) is 2.62. The summed E-state index contributed by atoms with van der Waals surface area (Å²) in [5.74, 6) is -0.499. The van der Waals surface area contributed by atoms with Crippen molar-refractivity contribution in [2.45, 2.75) is 58.3 Å². The highest BCUT2D eigenvalue weighted by Crippen LogP contribution is 2.23. The first-order valence-corrected chi connectivity index (χ1v) is 9.09. The molecule has 2 rings (SSSR count). The van der Waals surface area contributed by atoms with Crippen LogP contribution in [-0.4, -0.2) is 30.6 Å². The lowest BCUT2D eigenvalue weighted by Crippen LogP contribution is -2.45. The molecule has 0 saturated heterocycles. The van der Waals surface area contributed by atoms with Crippen molar-refractivity contribution in [1.29, 1.82) is 0 Å². The van der Waals surface area contributed by atoms with Gasteiger partial charge in [-0.2, -0.15) is 8.78 Å². The van der Waals surface area contributed by atoms with E-state index in [1.54, 1.807) is 0 Å². The first-order valence-electron chi connectivity index (χ1n) is 9.09. The van der Waals surface area contributed by atoms with Crippen molar-refractivity contribution in [3.8, 4) is 5.75 Å². The van der Waals surface area contributed by atoms with Gasteiger partial charge < -0.3 is 14.8 Å². The Morgan fingerprint density at radius 2 is 1.85 bits per heavy atom. The number of esters is 1. The number of alkyl halides is 2. The SMILES string of the molecule is C[C@@H](OC(=O)/C=C/c1ccc(OC(F)F)cc1)C(=O)N[C@H]1CCCC[C@@H]1C. The summed E-state index contributed by atoms with van der Waals surface area (Å²) in [7, 11) is 0. The molecule has 1 aliphatic rings. The maximum absolute atomic E-state index is 12.2.